The lowest BCUT2D eigenvalue weighted by molar-refractivity contribution is 0.0366. The van der Waals surface area contributed by atoms with E-state index in [0.29, 0.717) is 22.9 Å². The van der Waals surface area contributed by atoms with E-state index in [1.807, 2.05) is 40.9 Å². The Morgan fingerprint density at radius 3 is 2.81 bits per heavy atom. The second-order valence-electron chi connectivity index (χ2n) is 11.1. The van der Waals surface area contributed by atoms with Gasteiger partial charge in [0.2, 0.25) is 0 Å². The Morgan fingerprint density at radius 1 is 1.14 bits per heavy atom. The second kappa shape index (κ2) is 9.06. The smallest absolute Gasteiger partial charge is 0.270 e. The van der Waals surface area contributed by atoms with Crippen LogP contribution in [0.4, 0.5) is 4.39 Å². The third-order valence-corrected chi connectivity index (χ3v) is 8.08. The first-order valence-corrected chi connectivity index (χ1v) is 13.1. The molecule has 0 unspecified atom stereocenters. The topological polar surface area (TPSA) is 62.5 Å². The number of hydrogen-bond acceptors (Lipinski definition) is 4. The van der Waals surface area contributed by atoms with Crippen LogP contribution < -0.4 is 5.32 Å². The van der Waals surface area contributed by atoms with Crippen molar-refractivity contribution in [2.75, 3.05) is 6.54 Å². The molecule has 5 heterocycles. The summed E-state index contributed by atoms with van der Waals surface area (Å²) in [6.07, 6.45) is 9.70. The Kier molecular flexibility index (Phi) is 5.83. The van der Waals surface area contributed by atoms with Crippen molar-refractivity contribution in [1.29, 1.82) is 0 Å². The van der Waals surface area contributed by atoms with Crippen LogP contribution in [-0.2, 0) is 0 Å². The van der Waals surface area contributed by atoms with Gasteiger partial charge in [-0.05, 0) is 95.0 Å². The summed E-state index contributed by atoms with van der Waals surface area (Å²) >= 11 is 0. The molecule has 6 nitrogen and oxygen atoms in total. The van der Waals surface area contributed by atoms with Gasteiger partial charge in [-0.25, -0.2) is 9.37 Å². The molecule has 3 aromatic heterocycles. The molecule has 6 rings (SSSR count). The highest BCUT2D eigenvalue weighted by Crippen LogP contribution is 2.38. The number of piperidine rings is 1. The molecule has 4 aromatic rings. The predicted molar refractivity (Wildman–Crippen MR) is 143 cm³/mol. The van der Waals surface area contributed by atoms with Gasteiger partial charge in [0.25, 0.3) is 5.91 Å². The minimum Gasteiger partial charge on any atom is -0.348 e. The number of nitrogens with zero attached hydrogens (tertiary/aromatic N) is 4. The van der Waals surface area contributed by atoms with E-state index in [1.54, 1.807) is 25.4 Å². The van der Waals surface area contributed by atoms with Gasteiger partial charge in [0, 0.05) is 46.7 Å². The number of carbonyl (C=O) groups excluding carboxylic acids is 1. The van der Waals surface area contributed by atoms with Gasteiger partial charge >= 0.3 is 0 Å². The van der Waals surface area contributed by atoms with Gasteiger partial charge in [0.15, 0.2) is 0 Å². The summed E-state index contributed by atoms with van der Waals surface area (Å²) in [5.74, 6) is -0.337. The number of carbonyl (C=O) groups is 1. The summed E-state index contributed by atoms with van der Waals surface area (Å²) < 4.78 is 15.8. The molecule has 0 bridgehead atoms. The molecule has 0 aliphatic carbocycles. The number of imidazole rings is 1. The van der Waals surface area contributed by atoms with Gasteiger partial charge in [-0.1, -0.05) is 6.07 Å². The van der Waals surface area contributed by atoms with E-state index in [-0.39, 0.29) is 23.3 Å². The number of aryl methyl sites for hydroxylation is 1. The third kappa shape index (κ3) is 4.31. The number of benzene rings is 1. The lowest BCUT2D eigenvalue weighted by Gasteiger charge is -2.47. The zero-order valence-corrected chi connectivity index (χ0v) is 21.5. The fourth-order valence-electron chi connectivity index (χ4n) is 6.35. The van der Waals surface area contributed by atoms with Gasteiger partial charge in [0.1, 0.15) is 17.2 Å². The molecule has 1 amide bonds. The standard InChI is InChI=1S/C30H32FN5O/c1-19-14-20(8-10-25(19)31)28-24(7-4-12-32-28)21-9-11-27-33-17-26(35(27)18-21)29(37)34-22-15-23-6-5-13-36(23)30(2,3)16-22/h4,7-12,14,17-18,22-23H,5-6,13,15-16H2,1-3H3,(H,34,37)/t22-,23+/m1/s1. The van der Waals surface area contributed by atoms with Crippen LogP contribution in [0.2, 0.25) is 0 Å². The number of pyridine rings is 2. The van der Waals surface area contributed by atoms with Crippen LogP contribution in [-0.4, -0.2) is 49.3 Å². The quantitative estimate of drug-likeness (QED) is 0.396. The maximum Gasteiger partial charge on any atom is 0.270 e. The summed E-state index contributed by atoms with van der Waals surface area (Å²) in [7, 11) is 0. The van der Waals surface area contributed by atoms with Crippen LogP contribution in [0.25, 0.3) is 28.0 Å². The van der Waals surface area contributed by atoms with Crippen molar-refractivity contribution in [3.05, 3.63) is 78.1 Å². The Morgan fingerprint density at radius 2 is 1.97 bits per heavy atom. The Bertz CT molecular complexity index is 1490. The molecule has 2 aliphatic heterocycles. The first kappa shape index (κ1) is 23.8. The second-order valence-corrected chi connectivity index (χ2v) is 11.1. The highest BCUT2D eigenvalue weighted by atomic mass is 19.1. The summed E-state index contributed by atoms with van der Waals surface area (Å²) in [5, 5.41) is 3.32. The molecular weight excluding hydrogens is 465 g/mol. The third-order valence-electron chi connectivity index (χ3n) is 8.08. The lowest BCUT2D eigenvalue weighted by Crippen LogP contribution is -2.57. The molecule has 7 heteroatoms. The Balaban J connectivity index is 1.31. The van der Waals surface area contributed by atoms with E-state index in [9.17, 15) is 9.18 Å². The fraction of sp³-hybridized carbons (Fsp3) is 0.367. The van der Waals surface area contributed by atoms with Crippen molar-refractivity contribution < 1.29 is 9.18 Å². The maximum atomic E-state index is 13.9. The van der Waals surface area contributed by atoms with Gasteiger partial charge in [-0.15, -0.1) is 0 Å². The summed E-state index contributed by atoms with van der Waals surface area (Å²) in [4.78, 5) is 25.2. The van der Waals surface area contributed by atoms with Gasteiger partial charge in [-0.2, -0.15) is 0 Å². The average Bonchev–Trinajstić information content (AvgIpc) is 3.53. The molecule has 0 saturated carbocycles. The van der Waals surface area contributed by atoms with E-state index in [0.717, 1.165) is 41.8 Å². The van der Waals surface area contributed by atoms with Crippen LogP contribution in [0, 0.1) is 12.7 Å². The molecular formula is C30H32FN5O. The van der Waals surface area contributed by atoms with Crippen molar-refractivity contribution in [2.24, 2.45) is 0 Å². The van der Waals surface area contributed by atoms with Crippen LogP contribution in [0.5, 0.6) is 0 Å². The average molecular weight is 498 g/mol. The number of halogens is 1. The lowest BCUT2D eigenvalue weighted by atomic mass is 9.84. The van der Waals surface area contributed by atoms with E-state index in [1.165, 1.54) is 18.9 Å². The first-order chi connectivity index (χ1) is 17.8. The largest absolute Gasteiger partial charge is 0.348 e. The molecule has 2 atom stereocenters. The molecule has 1 N–H and O–H groups in total. The SMILES string of the molecule is Cc1cc(-c2ncccc2-c2ccc3ncc(C(=O)N[C@@H]4C[C@@H]5CCCN5C(C)(C)C4)n3c2)ccc1F. The van der Waals surface area contributed by atoms with Crippen molar-refractivity contribution in [3.63, 3.8) is 0 Å². The number of amides is 1. The first-order valence-electron chi connectivity index (χ1n) is 13.1. The number of aromatic nitrogens is 3. The maximum absolute atomic E-state index is 13.9. The monoisotopic (exact) mass is 497 g/mol. The summed E-state index contributed by atoms with van der Waals surface area (Å²) in [5.41, 5.74) is 5.31. The molecule has 2 aliphatic rings. The summed E-state index contributed by atoms with van der Waals surface area (Å²) in [6, 6.07) is 13.5. The summed E-state index contributed by atoms with van der Waals surface area (Å²) in [6.45, 7) is 7.49. The molecule has 37 heavy (non-hydrogen) atoms. The minimum atomic E-state index is -0.237. The van der Waals surface area contributed by atoms with E-state index >= 15 is 0 Å². The number of fused-ring (bicyclic) bond motifs is 2. The highest BCUT2D eigenvalue weighted by molar-refractivity contribution is 5.94. The minimum absolute atomic E-state index is 0.0828. The zero-order valence-electron chi connectivity index (χ0n) is 21.5. The number of hydrogen-bond donors (Lipinski definition) is 1. The van der Waals surface area contributed by atoms with Crippen molar-refractivity contribution >= 4 is 11.6 Å². The van der Waals surface area contributed by atoms with Gasteiger partial charge in [0.05, 0.1) is 11.9 Å². The Hall–Kier alpha value is -3.58. The predicted octanol–water partition coefficient (Wildman–Crippen LogP) is 5.65. The van der Waals surface area contributed by atoms with Crippen LogP contribution in [0.1, 0.15) is 55.6 Å². The molecule has 0 spiro atoms. The van der Waals surface area contributed by atoms with Crippen molar-refractivity contribution in [2.45, 2.75) is 64.1 Å². The van der Waals surface area contributed by atoms with Crippen LogP contribution >= 0.6 is 0 Å². The van der Waals surface area contributed by atoms with E-state index in [2.05, 4.69) is 34.0 Å². The molecule has 2 saturated heterocycles. The van der Waals surface area contributed by atoms with Gasteiger partial charge in [-0.3, -0.25) is 19.1 Å². The number of rotatable bonds is 4. The molecule has 0 radical (unpaired) electrons. The Labute approximate surface area is 216 Å². The molecule has 1 aromatic carbocycles. The highest BCUT2D eigenvalue weighted by Gasteiger charge is 2.43. The van der Waals surface area contributed by atoms with Crippen molar-refractivity contribution in [1.82, 2.24) is 24.6 Å². The number of nitrogens with one attached hydrogen (secondary N) is 1. The van der Waals surface area contributed by atoms with Crippen LogP contribution in [0.15, 0.2) is 61.1 Å². The van der Waals surface area contributed by atoms with E-state index < -0.39 is 0 Å². The van der Waals surface area contributed by atoms with Gasteiger partial charge < -0.3 is 5.32 Å². The van der Waals surface area contributed by atoms with Crippen molar-refractivity contribution in [3.8, 4) is 22.4 Å². The fourth-order valence-corrected chi connectivity index (χ4v) is 6.35. The molecule has 2 fully saturated rings. The normalized spacial score (nSPS) is 21.2. The molecule has 190 valence electrons. The zero-order chi connectivity index (χ0) is 25.7. The van der Waals surface area contributed by atoms with Crippen LogP contribution in [0.3, 0.4) is 0 Å². The van der Waals surface area contributed by atoms with E-state index in [4.69, 9.17) is 0 Å².